The Morgan fingerprint density at radius 1 is 1.62 bits per heavy atom. The highest BCUT2D eigenvalue weighted by atomic mass is 79.9. The van der Waals surface area contributed by atoms with Crippen LogP contribution in [0.4, 0.5) is 0 Å². The molecule has 1 unspecified atom stereocenters. The number of hydrogen-bond donors (Lipinski definition) is 1. The molecule has 0 bridgehead atoms. The molecule has 0 aromatic rings. The summed E-state index contributed by atoms with van der Waals surface area (Å²) in [6.07, 6.45) is 2.29. The maximum absolute atomic E-state index is 8.63. The van der Waals surface area contributed by atoms with Crippen molar-refractivity contribution in [2.45, 2.75) is 19.8 Å². The molecule has 0 aromatic carbocycles. The van der Waals surface area contributed by atoms with Crippen molar-refractivity contribution in [2.75, 3.05) is 11.9 Å². The maximum Gasteiger partial charge on any atom is 0.0467 e. The van der Waals surface area contributed by atoms with Gasteiger partial charge in [0.05, 0.1) is 0 Å². The molecule has 1 nitrogen and oxygen atoms in total. The minimum atomic E-state index is 0.319. The fraction of sp³-hybridized carbons (Fsp3) is 1.00. The van der Waals surface area contributed by atoms with Crippen molar-refractivity contribution in [3.05, 3.63) is 0 Å². The lowest BCUT2D eigenvalue weighted by atomic mass is 10.1. The Balaban J connectivity index is 3.07. The molecule has 0 heterocycles. The lowest BCUT2D eigenvalue weighted by molar-refractivity contribution is 0.233. The maximum atomic E-state index is 8.63. The van der Waals surface area contributed by atoms with Crippen LogP contribution in [-0.4, -0.2) is 17.0 Å². The molecule has 0 amide bonds. The molecule has 0 rings (SSSR count). The highest BCUT2D eigenvalue weighted by molar-refractivity contribution is 9.09. The van der Waals surface area contributed by atoms with E-state index in [2.05, 4.69) is 22.9 Å². The molecule has 0 fully saturated rings. The van der Waals surface area contributed by atoms with Crippen molar-refractivity contribution in [3.63, 3.8) is 0 Å². The van der Waals surface area contributed by atoms with Crippen molar-refractivity contribution < 1.29 is 5.11 Å². The molecule has 0 saturated heterocycles. The van der Waals surface area contributed by atoms with Gasteiger partial charge in [0.25, 0.3) is 0 Å². The Kier molecular flexibility index (Phi) is 5.88. The van der Waals surface area contributed by atoms with Gasteiger partial charge in [0.15, 0.2) is 0 Å². The molecule has 0 aliphatic heterocycles. The summed E-state index contributed by atoms with van der Waals surface area (Å²) in [6.45, 7) is 2.45. The van der Waals surface area contributed by atoms with Gasteiger partial charge in [-0.3, -0.25) is 0 Å². The Morgan fingerprint density at radius 3 is 2.38 bits per heavy atom. The number of aliphatic hydroxyl groups excluding tert-OH is 1. The zero-order valence-corrected chi connectivity index (χ0v) is 6.82. The molecule has 8 heavy (non-hydrogen) atoms. The summed E-state index contributed by atoms with van der Waals surface area (Å²) in [6, 6.07) is 0. The largest absolute Gasteiger partial charge is 0.396 e. The second kappa shape index (κ2) is 5.57. The van der Waals surface area contributed by atoms with Gasteiger partial charge < -0.3 is 5.11 Å². The highest BCUT2D eigenvalue weighted by Crippen LogP contribution is 2.07. The van der Waals surface area contributed by atoms with Crippen molar-refractivity contribution in [3.8, 4) is 0 Å². The van der Waals surface area contributed by atoms with E-state index in [1.807, 2.05) is 0 Å². The van der Waals surface area contributed by atoms with Gasteiger partial charge in [0.2, 0.25) is 0 Å². The lowest BCUT2D eigenvalue weighted by Crippen LogP contribution is -2.05. The van der Waals surface area contributed by atoms with E-state index in [4.69, 9.17) is 5.11 Å². The zero-order chi connectivity index (χ0) is 6.41. The topological polar surface area (TPSA) is 20.2 Å². The number of halogens is 1. The van der Waals surface area contributed by atoms with Crippen LogP contribution < -0.4 is 0 Å². The monoisotopic (exact) mass is 180 g/mol. The summed E-state index contributed by atoms with van der Waals surface area (Å²) in [7, 11) is 0. The van der Waals surface area contributed by atoms with Gasteiger partial charge in [-0.05, 0) is 12.3 Å². The van der Waals surface area contributed by atoms with Crippen LogP contribution in [0, 0.1) is 5.92 Å². The third-order valence-corrected chi connectivity index (χ3v) is 2.09. The number of alkyl halides is 1. The molecular weight excluding hydrogens is 168 g/mol. The van der Waals surface area contributed by atoms with Gasteiger partial charge in [-0.1, -0.05) is 29.3 Å². The van der Waals surface area contributed by atoms with Crippen molar-refractivity contribution in [1.29, 1.82) is 0 Å². The van der Waals surface area contributed by atoms with Gasteiger partial charge in [-0.15, -0.1) is 0 Å². The minimum absolute atomic E-state index is 0.319. The smallest absolute Gasteiger partial charge is 0.0467 e. The van der Waals surface area contributed by atoms with Gasteiger partial charge in [-0.2, -0.15) is 0 Å². The molecule has 0 aromatic heterocycles. The Bertz CT molecular complexity index is 43.8. The summed E-state index contributed by atoms with van der Waals surface area (Å²) in [5.41, 5.74) is 0. The van der Waals surface area contributed by atoms with Crippen LogP contribution in [0.3, 0.4) is 0 Å². The first-order valence-electron chi connectivity index (χ1n) is 3.02. The molecule has 0 aliphatic carbocycles. The fourth-order valence-electron chi connectivity index (χ4n) is 0.625. The molecule has 1 N–H and O–H groups in total. The van der Waals surface area contributed by atoms with Gasteiger partial charge in [-0.25, -0.2) is 0 Å². The van der Waals surface area contributed by atoms with Crippen molar-refractivity contribution >= 4 is 15.9 Å². The van der Waals surface area contributed by atoms with E-state index >= 15 is 0 Å². The predicted molar refractivity (Wildman–Crippen MR) is 39.3 cm³/mol. The van der Waals surface area contributed by atoms with Gasteiger partial charge in [0, 0.05) is 11.9 Å². The number of rotatable bonds is 4. The highest BCUT2D eigenvalue weighted by Gasteiger charge is 2.01. The fourth-order valence-corrected chi connectivity index (χ4v) is 1.15. The third-order valence-electron chi connectivity index (χ3n) is 1.17. The van der Waals surface area contributed by atoms with Crippen molar-refractivity contribution in [2.24, 2.45) is 5.92 Å². The molecule has 0 aliphatic rings. The second-order valence-corrected chi connectivity index (χ2v) is 2.64. The lowest BCUT2D eigenvalue weighted by Gasteiger charge is -2.06. The normalized spacial score (nSPS) is 13.9. The zero-order valence-electron chi connectivity index (χ0n) is 5.23. The molecular formula is C6H13BrO. The average molecular weight is 181 g/mol. The van der Waals surface area contributed by atoms with Crippen LogP contribution in [-0.2, 0) is 0 Å². The molecule has 2 heteroatoms. The van der Waals surface area contributed by atoms with Crippen molar-refractivity contribution in [1.82, 2.24) is 0 Å². The van der Waals surface area contributed by atoms with E-state index in [9.17, 15) is 0 Å². The minimum Gasteiger partial charge on any atom is -0.396 e. The number of aliphatic hydroxyl groups is 1. The first kappa shape index (κ1) is 8.44. The van der Waals surface area contributed by atoms with Gasteiger partial charge >= 0.3 is 0 Å². The van der Waals surface area contributed by atoms with E-state index in [-0.39, 0.29) is 0 Å². The summed E-state index contributed by atoms with van der Waals surface area (Å²) >= 11 is 3.32. The van der Waals surface area contributed by atoms with E-state index in [0.29, 0.717) is 12.5 Å². The van der Waals surface area contributed by atoms with E-state index in [1.54, 1.807) is 0 Å². The third kappa shape index (κ3) is 3.44. The van der Waals surface area contributed by atoms with Crippen LogP contribution in [0.15, 0.2) is 0 Å². The molecule has 0 spiro atoms. The van der Waals surface area contributed by atoms with Crippen LogP contribution in [0.2, 0.25) is 0 Å². The van der Waals surface area contributed by atoms with Crippen LogP contribution in [0.25, 0.3) is 0 Å². The first-order valence-corrected chi connectivity index (χ1v) is 4.14. The van der Waals surface area contributed by atoms with Crippen LogP contribution >= 0.6 is 15.9 Å². The summed E-state index contributed by atoms with van der Waals surface area (Å²) in [4.78, 5) is 0. The summed E-state index contributed by atoms with van der Waals surface area (Å²) in [5.74, 6) is 0.472. The van der Waals surface area contributed by atoms with E-state index < -0.39 is 0 Å². The Hall–Kier alpha value is 0.440. The average Bonchev–Trinajstić information content (AvgIpc) is 1.83. The molecule has 0 radical (unpaired) electrons. The Labute approximate surface area is 59.2 Å². The predicted octanol–water partition coefficient (Wildman–Crippen LogP) is 1.79. The van der Waals surface area contributed by atoms with Gasteiger partial charge in [0.1, 0.15) is 0 Å². The summed E-state index contributed by atoms with van der Waals surface area (Å²) in [5, 5.41) is 9.56. The summed E-state index contributed by atoms with van der Waals surface area (Å²) < 4.78 is 0. The second-order valence-electron chi connectivity index (χ2n) is 1.99. The number of hydrogen-bond acceptors (Lipinski definition) is 1. The molecule has 1 atom stereocenters. The quantitative estimate of drug-likeness (QED) is 0.655. The molecule has 0 saturated carbocycles. The molecule has 50 valence electrons. The standard InChI is InChI=1S/C6H13BrO/c1-2-3-6(4-7)5-8/h6,8H,2-5H2,1H3. The first-order chi connectivity index (χ1) is 3.85. The SMILES string of the molecule is CCCC(CO)CBr. The van der Waals surface area contributed by atoms with E-state index in [1.165, 1.54) is 0 Å². The van der Waals surface area contributed by atoms with E-state index in [0.717, 1.165) is 18.2 Å². The van der Waals surface area contributed by atoms with Crippen LogP contribution in [0.1, 0.15) is 19.8 Å². The Morgan fingerprint density at radius 2 is 2.25 bits per heavy atom. The van der Waals surface area contributed by atoms with Crippen LogP contribution in [0.5, 0.6) is 0 Å².